The van der Waals surface area contributed by atoms with Gasteiger partial charge in [0, 0.05) is 24.3 Å². The summed E-state index contributed by atoms with van der Waals surface area (Å²) in [7, 11) is 3.15. The van der Waals surface area contributed by atoms with Crippen LogP contribution in [0.3, 0.4) is 0 Å². The Morgan fingerprint density at radius 1 is 1.03 bits per heavy atom. The van der Waals surface area contributed by atoms with Gasteiger partial charge in [-0.2, -0.15) is 0 Å². The summed E-state index contributed by atoms with van der Waals surface area (Å²) in [5.74, 6) is 0.458. The van der Waals surface area contributed by atoms with E-state index in [0.29, 0.717) is 23.8 Å². The molecule has 190 valence electrons. The molecule has 1 aliphatic carbocycles. The Morgan fingerprint density at radius 3 is 2.47 bits per heavy atom. The van der Waals surface area contributed by atoms with Crippen LogP contribution in [0.25, 0.3) is 10.9 Å². The largest absolute Gasteiger partial charge is 0.497 e. The van der Waals surface area contributed by atoms with Gasteiger partial charge >= 0.3 is 6.03 Å². The van der Waals surface area contributed by atoms with Crippen molar-refractivity contribution < 1.29 is 23.5 Å². The molecule has 1 saturated carbocycles. The summed E-state index contributed by atoms with van der Waals surface area (Å²) < 4.78 is 24.3. The fraction of sp³-hybridized carbons (Fsp3) is 0.370. The molecule has 3 N–H and O–H groups in total. The molecule has 36 heavy (non-hydrogen) atoms. The van der Waals surface area contributed by atoms with E-state index in [1.54, 1.807) is 56.8 Å². The van der Waals surface area contributed by atoms with Gasteiger partial charge in [-0.15, -0.1) is 0 Å². The van der Waals surface area contributed by atoms with E-state index in [-0.39, 0.29) is 17.8 Å². The number of hydrogen-bond acceptors (Lipinski definition) is 5. The van der Waals surface area contributed by atoms with Crippen molar-refractivity contribution in [3.63, 3.8) is 0 Å². The van der Waals surface area contributed by atoms with Crippen molar-refractivity contribution in [3.8, 4) is 5.75 Å². The van der Waals surface area contributed by atoms with Gasteiger partial charge in [-0.1, -0.05) is 0 Å². The number of halogens is 1. The van der Waals surface area contributed by atoms with Gasteiger partial charge in [-0.25, -0.2) is 14.6 Å². The third-order valence-corrected chi connectivity index (χ3v) is 6.82. The Morgan fingerprint density at radius 2 is 1.78 bits per heavy atom. The van der Waals surface area contributed by atoms with Crippen molar-refractivity contribution in [3.05, 3.63) is 71.7 Å². The second-order valence-electron chi connectivity index (χ2n) is 9.02. The van der Waals surface area contributed by atoms with Crippen LogP contribution < -0.4 is 20.9 Å². The number of nitrogens with one attached hydrogen (secondary N) is 3. The minimum atomic E-state index is -0.503. The van der Waals surface area contributed by atoms with E-state index in [9.17, 15) is 14.0 Å². The van der Waals surface area contributed by atoms with Gasteiger partial charge in [0.25, 0.3) is 5.91 Å². The lowest BCUT2D eigenvalue weighted by Gasteiger charge is -2.34. The quantitative estimate of drug-likeness (QED) is 0.425. The highest BCUT2D eigenvalue weighted by Crippen LogP contribution is 2.39. The fourth-order valence-corrected chi connectivity index (χ4v) is 4.94. The van der Waals surface area contributed by atoms with E-state index in [1.807, 2.05) is 6.07 Å². The number of aromatic nitrogens is 1. The summed E-state index contributed by atoms with van der Waals surface area (Å²) in [6.45, 7) is 0.360. The van der Waals surface area contributed by atoms with Crippen molar-refractivity contribution in [2.24, 2.45) is 5.92 Å². The zero-order chi connectivity index (χ0) is 25.5. The second-order valence-corrected chi connectivity index (χ2v) is 9.02. The van der Waals surface area contributed by atoms with Crippen LogP contribution in [0, 0.1) is 11.7 Å². The van der Waals surface area contributed by atoms with Crippen molar-refractivity contribution in [2.75, 3.05) is 20.8 Å². The molecule has 0 spiro atoms. The number of carbonyl (C=O) groups excluding carboxylic acids is 2. The maximum atomic E-state index is 13.9. The number of hydrazine groups is 1. The van der Waals surface area contributed by atoms with E-state index < -0.39 is 11.9 Å². The topological polar surface area (TPSA) is 102 Å². The predicted octanol–water partition coefficient (Wildman–Crippen LogP) is 4.32. The molecule has 1 atom stereocenters. The van der Waals surface area contributed by atoms with Crippen LogP contribution >= 0.6 is 0 Å². The number of urea groups is 1. The third kappa shape index (κ3) is 6.09. The summed E-state index contributed by atoms with van der Waals surface area (Å²) in [5, 5.41) is 3.80. The molecule has 8 nitrogen and oxygen atoms in total. The number of pyridine rings is 1. The first-order valence-electron chi connectivity index (χ1n) is 12.0. The number of benzene rings is 2. The first-order chi connectivity index (χ1) is 17.5. The van der Waals surface area contributed by atoms with Crippen LogP contribution in [0.4, 0.5) is 9.18 Å². The minimum absolute atomic E-state index is 0.208. The molecule has 4 rings (SSSR count). The summed E-state index contributed by atoms with van der Waals surface area (Å²) in [6, 6.07) is 12.5. The molecule has 1 heterocycles. The zero-order valence-electron chi connectivity index (χ0n) is 20.4. The monoisotopic (exact) mass is 494 g/mol. The summed E-state index contributed by atoms with van der Waals surface area (Å²) in [5.41, 5.74) is 7.14. The number of methoxy groups -OCH3 is 2. The van der Waals surface area contributed by atoms with Gasteiger partial charge in [0.2, 0.25) is 0 Å². The smallest absolute Gasteiger partial charge is 0.333 e. The molecule has 1 aromatic heterocycles. The lowest BCUT2D eigenvalue weighted by molar-refractivity contribution is 0.0931. The number of rotatable bonds is 7. The van der Waals surface area contributed by atoms with Gasteiger partial charge in [-0.3, -0.25) is 15.2 Å². The maximum absolute atomic E-state index is 13.9. The molecule has 3 amide bonds. The number of nitrogens with zero attached hydrogens (tertiary/aromatic N) is 1. The standard InChI is InChI=1S/C27H31FN4O4/c1-35-16-25(30-27(34)32-31-26(33)19-7-10-21(36-2)11-8-19)18-5-3-17(4-6-18)22-13-14-29-24-12-9-20(28)15-23(22)24/h7-15,17-18,25H,3-6,16H2,1-2H3,(H,31,33)(H2,30,32,34). The highest BCUT2D eigenvalue weighted by Gasteiger charge is 2.30. The third-order valence-electron chi connectivity index (χ3n) is 6.82. The molecule has 9 heteroatoms. The number of hydrogen-bond donors (Lipinski definition) is 3. The summed E-state index contributed by atoms with van der Waals surface area (Å²) in [4.78, 5) is 29.2. The van der Waals surface area contributed by atoms with Crippen molar-refractivity contribution in [1.29, 1.82) is 0 Å². The lowest BCUT2D eigenvalue weighted by Crippen LogP contribution is -2.53. The van der Waals surface area contributed by atoms with Crippen molar-refractivity contribution in [1.82, 2.24) is 21.2 Å². The van der Waals surface area contributed by atoms with E-state index in [0.717, 1.165) is 42.1 Å². The van der Waals surface area contributed by atoms with Crippen molar-refractivity contribution >= 4 is 22.8 Å². The molecule has 3 aromatic rings. The highest BCUT2D eigenvalue weighted by molar-refractivity contribution is 5.95. The molecule has 0 radical (unpaired) electrons. The van der Waals surface area contributed by atoms with Gasteiger partial charge in [0.1, 0.15) is 11.6 Å². The molecule has 2 aromatic carbocycles. The highest BCUT2D eigenvalue weighted by atomic mass is 19.1. The second kappa shape index (κ2) is 11.8. The molecule has 1 aliphatic rings. The van der Waals surface area contributed by atoms with Crippen LogP contribution in [0.5, 0.6) is 5.75 Å². The zero-order valence-corrected chi connectivity index (χ0v) is 20.4. The van der Waals surface area contributed by atoms with E-state index in [2.05, 4.69) is 21.2 Å². The lowest BCUT2D eigenvalue weighted by atomic mass is 9.75. The maximum Gasteiger partial charge on any atom is 0.333 e. The van der Waals surface area contributed by atoms with E-state index >= 15 is 0 Å². The number of fused-ring (bicyclic) bond motifs is 1. The van der Waals surface area contributed by atoms with Gasteiger partial charge in [0.15, 0.2) is 0 Å². The summed E-state index contributed by atoms with van der Waals surface area (Å²) in [6.07, 6.45) is 5.38. The van der Waals surface area contributed by atoms with Crippen molar-refractivity contribution in [2.45, 2.75) is 37.6 Å². The van der Waals surface area contributed by atoms with Crippen LogP contribution in [-0.4, -0.2) is 43.8 Å². The van der Waals surface area contributed by atoms with Gasteiger partial charge in [-0.05, 0) is 91.6 Å². The Bertz CT molecular complexity index is 1200. The molecule has 0 saturated heterocycles. The Hall–Kier alpha value is -3.72. The number of ether oxygens (including phenoxy) is 2. The SMILES string of the molecule is COCC(NC(=O)NNC(=O)c1ccc(OC)cc1)C1CCC(c2ccnc3ccc(F)cc23)CC1. The fourth-order valence-electron chi connectivity index (χ4n) is 4.94. The molecule has 1 unspecified atom stereocenters. The molecule has 0 aliphatic heterocycles. The van der Waals surface area contributed by atoms with Gasteiger partial charge < -0.3 is 14.8 Å². The predicted molar refractivity (Wildman–Crippen MR) is 134 cm³/mol. The minimum Gasteiger partial charge on any atom is -0.497 e. The summed E-state index contributed by atoms with van der Waals surface area (Å²) >= 11 is 0. The molecular formula is C27H31FN4O4. The Kier molecular flexibility index (Phi) is 8.32. The van der Waals surface area contributed by atoms with E-state index in [1.165, 1.54) is 6.07 Å². The Labute approximate surface area is 209 Å². The molecular weight excluding hydrogens is 463 g/mol. The van der Waals surface area contributed by atoms with Crippen LogP contribution in [0.2, 0.25) is 0 Å². The normalized spacial score (nSPS) is 18.3. The van der Waals surface area contributed by atoms with Crippen LogP contribution in [-0.2, 0) is 4.74 Å². The average Bonchev–Trinajstić information content (AvgIpc) is 2.91. The molecule has 1 fully saturated rings. The first-order valence-corrected chi connectivity index (χ1v) is 12.0. The number of carbonyl (C=O) groups is 2. The number of amides is 3. The van der Waals surface area contributed by atoms with Crippen LogP contribution in [0.15, 0.2) is 54.7 Å². The molecule has 0 bridgehead atoms. The van der Waals surface area contributed by atoms with Gasteiger partial charge in [0.05, 0.1) is 25.3 Å². The average molecular weight is 495 g/mol. The first kappa shape index (κ1) is 25.4. The Balaban J connectivity index is 1.32. The van der Waals surface area contributed by atoms with Crippen LogP contribution in [0.1, 0.15) is 47.5 Å². The van der Waals surface area contributed by atoms with E-state index in [4.69, 9.17) is 9.47 Å².